The molecular weight excluding hydrogens is 1260 g/mol. The van der Waals surface area contributed by atoms with Crippen LogP contribution < -0.4 is 16.0 Å². The molecule has 1 aromatic carbocycles. The Bertz CT molecular complexity index is 2960. The Morgan fingerprint density at radius 2 is 1.25 bits per heavy atom. The molecule has 1 aromatic rings. The fourth-order valence-corrected chi connectivity index (χ4v) is 13.6. The number of halogens is 4. The summed E-state index contributed by atoms with van der Waals surface area (Å²) in [5.41, 5.74) is -0.813. The second-order valence-corrected chi connectivity index (χ2v) is 28.0. The van der Waals surface area contributed by atoms with Crippen LogP contribution in [0.4, 0.5) is 13.2 Å². The lowest BCUT2D eigenvalue weighted by Crippen LogP contribution is -2.65. The first-order chi connectivity index (χ1) is 44.4. The number of aryl methyl sites for hydroxylation is 1. The number of nitrogens with zero attached hydrogens (tertiary/aromatic N) is 9. The number of carbonyl (C=O) groups is 12. The average molecular weight is 1360 g/mol. The lowest BCUT2D eigenvalue weighted by atomic mass is 9.84. The number of rotatable bonds is 11. The Hall–Kier alpha value is -7.06. The van der Waals surface area contributed by atoms with Gasteiger partial charge in [0.15, 0.2) is 0 Å². The molecule has 5 rings (SSSR count). The van der Waals surface area contributed by atoms with Gasteiger partial charge in [-0.3, -0.25) is 57.5 Å². The van der Waals surface area contributed by atoms with E-state index in [9.17, 15) is 65.9 Å². The van der Waals surface area contributed by atoms with E-state index in [2.05, 4.69) is 16.0 Å². The van der Waals surface area contributed by atoms with Crippen LogP contribution in [0.3, 0.4) is 0 Å². The van der Waals surface area contributed by atoms with E-state index in [0.29, 0.717) is 19.3 Å². The van der Waals surface area contributed by atoms with Crippen LogP contribution in [0, 0.1) is 23.7 Å². The van der Waals surface area contributed by atoms with Crippen molar-refractivity contribution in [3.63, 3.8) is 0 Å². The second kappa shape index (κ2) is 34.2. The first-order valence-corrected chi connectivity index (χ1v) is 33.8. The molecule has 2 saturated heterocycles. The van der Waals surface area contributed by atoms with Crippen LogP contribution >= 0.6 is 11.6 Å². The molecule has 1 unspecified atom stereocenters. The molecule has 0 spiro atoms. The van der Waals surface area contributed by atoms with Gasteiger partial charge in [0.2, 0.25) is 70.9 Å². The maximum Gasteiger partial charge on any atom is 0.417 e. The van der Waals surface area contributed by atoms with Crippen molar-refractivity contribution in [2.24, 2.45) is 23.7 Å². The zero-order valence-corrected chi connectivity index (χ0v) is 59.2. The molecule has 95 heavy (non-hydrogen) atoms. The van der Waals surface area contributed by atoms with Crippen LogP contribution in [0.2, 0.25) is 5.02 Å². The van der Waals surface area contributed by atoms with Crippen molar-refractivity contribution in [3.05, 3.63) is 34.3 Å². The smallest absolute Gasteiger partial charge is 0.347 e. The number of amides is 12. The summed E-state index contributed by atoms with van der Waals surface area (Å²) in [6.45, 7) is 11.1. The van der Waals surface area contributed by atoms with Crippen molar-refractivity contribution in [1.29, 1.82) is 0 Å². The number of fused-ring (bicyclic) bond motifs is 1. The summed E-state index contributed by atoms with van der Waals surface area (Å²) in [5, 5.41) is 7.63. The standard InChI is InChI=1S/C67H104ClF3N12O12/c1-17-39(4)55-65(94)78(12)42(7)60(89)83-32-31-49(83)64(93)80(14)51(35-43-23-19-18-20-24-43)63(92)76(10)37-53(84)73-48(30-28-44-27-29-46(47(68)34-44)67(69,70)71)61(90)77(11)41(6)57(86)72-40(5)59(88)82(16)56(45-25-21-22-26-45)66(95)81(15)52(62(91)75(8)9)36-54(85)79(13)50(33-38(2)3)58(87)74-55/h27,29,34,38-43,45,48-52,55-56H,17-26,28,30-33,35-37H2,1-16H3,(H,72,86)(H,73,84)(H,74,87)/t39-,40-,41-,42-,48-,49?,50-,51-,52-,55-,56-/m0/s1. The molecule has 0 aromatic heterocycles. The summed E-state index contributed by atoms with van der Waals surface area (Å²) >= 11 is 6.09. The SMILES string of the molecule is CC[C@H](C)[C@@H]1NC(=O)[C@H](CC(C)C)N(C)C(=O)C[C@@H](C(=O)N(C)C)N(C)C(=O)[C@H](C2CCCC2)N(C)C(=O)[C@H](C)NC(=O)[C@H](C)N(C)C(=O)[C@H](CCc2ccc(C(F)(F)F)c(Cl)c2)NC(=O)CN(C)C(=O)[C@H](CC2CCCCC2)N(C)C(=O)C2CCN2C(=O)[C@H](C)N(C)C1=O. The van der Waals surface area contributed by atoms with Gasteiger partial charge in [-0.2, -0.15) is 13.2 Å². The second-order valence-electron chi connectivity index (χ2n) is 27.5. The van der Waals surface area contributed by atoms with E-state index in [-0.39, 0.29) is 56.0 Å². The summed E-state index contributed by atoms with van der Waals surface area (Å²) < 4.78 is 41.3. The molecule has 4 fully saturated rings. The molecule has 28 heteroatoms. The number of carbonyl (C=O) groups excluding carboxylic acids is 12. The molecule has 2 heterocycles. The Morgan fingerprint density at radius 3 is 1.80 bits per heavy atom. The predicted octanol–water partition coefficient (Wildman–Crippen LogP) is 4.57. The topological polar surface area (TPSA) is 270 Å². The molecule has 2 saturated carbocycles. The molecule has 2 aliphatic heterocycles. The largest absolute Gasteiger partial charge is 0.417 e. The number of benzene rings is 1. The van der Waals surface area contributed by atoms with Crippen molar-refractivity contribution in [1.82, 2.24) is 60.0 Å². The Morgan fingerprint density at radius 1 is 0.653 bits per heavy atom. The van der Waals surface area contributed by atoms with Gasteiger partial charge in [0, 0.05) is 70.0 Å². The van der Waals surface area contributed by atoms with E-state index in [1.807, 2.05) is 20.8 Å². The van der Waals surface area contributed by atoms with Crippen LogP contribution in [-0.4, -0.2) is 252 Å². The highest BCUT2D eigenvalue weighted by Gasteiger charge is 2.48. The monoisotopic (exact) mass is 1360 g/mol. The van der Waals surface area contributed by atoms with E-state index in [1.54, 1.807) is 6.92 Å². The molecule has 0 radical (unpaired) electrons. The van der Waals surface area contributed by atoms with E-state index in [1.165, 1.54) is 120 Å². The number of hydrogen-bond donors (Lipinski definition) is 3. The fraction of sp³-hybridized carbons (Fsp3) is 0.731. The quantitative estimate of drug-likeness (QED) is 0.275. The fourth-order valence-electron chi connectivity index (χ4n) is 13.3. The van der Waals surface area contributed by atoms with Gasteiger partial charge in [-0.25, -0.2) is 0 Å². The lowest BCUT2D eigenvalue weighted by molar-refractivity contribution is -0.160. The Balaban J connectivity index is 1.59. The third kappa shape index (κ3) is 19.6. The van der Waals surface area contributed by atoms with E-state index >= 15 is 4.79 Å². The zero-order valence-electron chi connectivity index (χ0n) is 58.5. The first-order valence-electron chi connectivity index (χ1n) is 33.5. The molecule has 2 aliphatic carbocycles. The van der Waals surface area contributed by atoms with Gasteiger partial charge in [-0.05, 0) is 107 Å². The summed E-state index contributed by atoms with van der Waals surface area (Å²) in [7, 11) is 12.6. The van der Waals surface area contributed by atoms with Crippen LogP contribution in [0.5, 0.6) is 0 Å². The normalized spacial score (nSPS) is 27.6. The number of likely N-dealkylation sites (N-methyl/N-ethyl adjacent to an activating group) is 8. The van der Waals surface area contributed by atoms with Crippen molar-refractivity contribution >= 4 is 82.5 Å². The first kappa shape index (κ1) is 78.6. The molecular formula is C67H104ClF3N12O12. The maximum atomic E-state index is 15.1. The minimum atomic E-state index is -4.76. The molecule has 12 amide bonds. The highest BCUT2D eigenvalue weighted by molar-refractivity contribution is 6.31. The Labute approximate surface area is 563 Å². The van der Waals surface area contributed by atoms with Gasteiger partial charge < -0.3 is 60.0 Å². The van der Waals surface area contributed by atoms with Gasteiger partial charge >= 0.3 is 6.18 Å². The Kier molecular flexibility index (Phi) is 28.3. The third-order valence-electron chi connectivity index (χ3n) is 20.2. The molecule has 532 valence electrons. The molecule has 24 nitrogen and oxygen atoms in total. The highest BCUT2D eigenvalue weighted by Crippen LogP contribution is 2.36. The van der Waals surface area contributed by atoms with Crippen molar-refractivity contribution in [2.45, 2.75) is 218 Å². The molecule has 3 N–H and O–H groups in total. The van der Waals surface area contributed by atoms with E-state index < -0.39 is 173 Å². The molecule has 0 bridgehead atoms. The number of nitrogens with one attached hydrogen (secondary N) is 3. The van der Waals surface area contributed by atoms with Gasteiger partial charge in [0.25, 0.3) is 0 Å². The lowest BCUT2D eigenvalue weighted by Gasteiger charge is -2.45. The van der Waals surface area contributed by atoms with Gasteiger partial charge in [-0.1, -0.05) is 96.7 Å². The summed E-state index contributed by atoms with van der Waals surface area (Å²) in [6.07, 6.45) is 2.06. The van der Waals surface area contributed by atoms with Crippen molar-refractivity contribution in [3.8, 4) is 0 Å². The highest BCUT2D eigenvalue weighted by atomic mass is 35.5. The van der Waals surface area contributed by atoms with Crippen LogP contribution in [0.25, 0.3) is 0 Å². The van der Waals surface area contributed by atoms with Gasteiger partial charge in [0.05, 0.1) is 23.6 Å². The van der Waals surface area contributed by atoms with Gasteiger partial charge in [0.1, 0.15) is 60.4 Å². The minimum Gasteiger partial charge on any atom is -0.347 e. The number of alkyl halides is 3. The zero-order chi connectivity index (χ0) is 71.4. The molecule has 11 atom stereocenters. The minimum absolute atomic E-state index is 0.0175. The van der Waals surface area contributed by atoms with E-state index in [4.69, 9.17) is 11.6 Å². The summed E-state index contributed by atoms with van der Waals surface area (Å²) in [6, 6.07) is -9.48. The van der Waals surface area contributed by atoms with E-state index in [0.717, 1.165) is 71.8 Å². The molecule has 4 aliphatic rings. The maximum absolute atomic E-state index is 15.1. The number of hydrogen-bond acceptors (Lipinski definition) is 12. The average Bonchev–Trinajstić information content (AvgIpc) is 0.814. The van der Waals surface area contributed by atoms with Crippen LogP contribution in [-0.2, 0) is 70.1 Å². The summed E-state index contributed by atoms with van der Waals surface area (Å²) in [5.74, 6) is -9.36. The van der Waals surface area contributed by atoms with Gasteiger partial charge in [-0.15, -0.1) is 0 Å². The predicted molar refractivity (Wildman–Crippen MR) is 350 cm³/mol. The van der Waals surface area contributed by atoms with Crippen molar-refractivity contribution in [2.75, 3.05) is 76.5 Å². The van der Waals surface area contributed by atoms with Crippen molar-refractivity contribution < 1.29 is 70.7 Å². The summed E-state index contributed by atoms with van der Waals surface area (Å²) in [4.78, 5) is 186. The van der Waals surface area contributed by atoms with Crippen LogP contribution in [0.1, 0.15) is 156 Å². The third-order valence-corrected chi connectivity index (χ3v) is 20.5. The van der Waals surface area contributed by atoms with Crippen LogP contribution in [0.15, 0.2) is 18.2 Å².